The highest BCUT2D eigenvalue weighted by Crippen LogP contribution is 2.45. The summed E-state index contributed by atoms with van der Waals surface area (Å²) in [6, 6.07) is 5.79. The number of amides is 1. The molecule has 4 aromatic rings. The van der Waals surface area contributed by atoms with Gasteiger partial charge in [0.25, 0.3) is 0 Å². The van der Waals surface area contributed by atoms with E-state index in [-0.39, 0.29) is 58.0 Å². The monoisotopic (exact) mass is 561 g/mol. The first-order chi connectivity index (χ1) is 19.3. The van der Waals surface area contributed by atoms with Crippen LogP contribution >= 0.6 is 11.6 Å². The van der Waals surface area contributed by atoms with Crippen LogP contribution < -0.4 is 15.3 Å². The zero-order valence-electron chi connectivity index (χ0n) is 21.8. The van der Waals surface area contributed by atoms with Crippen molar-refractivity contribution in [2.45, 2.75) is 25.8 Å². The first-order valence-corrected chi connectivity index (χ1v) is 13.2. The van der Waals surface area contributed by atoms with Crippen LogP contribution in [-0.4, -0.2) is 67.6 Å². The van der Waals surface area contributed by atoms with Gasteiger partial charge in [-0.3, -0.25) is 9.78 Å². The minimum Gasteiger partial charge on any atom is -0.489 e. The number of carbonyl (C=O) groups is 1. The Bertz CT molecular complexity index is 1740. The van der Waals surface area contributed by atoms with Crippen LogP contribution in [0.25, 0.3) is 28.1 Å². The molecule has 0 saturated carbocycles. The molecule has 3 aromatic heterocycles. The van der Waals surface area contributed by atoms with E-state index in [1.54, 1.807) is 29.3 Å². The Morgan fingerprint density at radius 1 is 1.18 bits per heavy atom. The molecule has 10 nitrogen and oxygen atoms in total. The second-order valence-electron chi connectivity index (χ2n) is 9.90. The normalized spacial score (nSPS) is 16.5. The molecule has 0 radical (unpaired) electrons. The first-order valence-electron chi connectivity index (χ1n) is 12.8. The Balaban J connectivity index is 1.68. The number of rotatable bonds is 4. The Hall–Kier alpha value is -4.38. The van der Waals surface area contributed by atoms with Crippen molar-refractivity contribution in [3.8, 4) is 22.8 Å². The average molecular weight is 562 g/mol. The molecule has 1 atom stereocenters. The maximum atomic E-state index is 15.0. The second kappa shape index (κ2) is 9.98. The molecule has 0 unspecified atom stereocenters. The van der Waals surface area contributed by atoms with Gasteiger partial charge in [-0.25, -0.2) is 23.7 Å². The molecule has 2 aliphatic rings. The molecule has 204 valence electrons. The van der Waals surface area contributed by atoms with Gasteiger partial charge in [-0.15, -0.1) is 0 Å². The zero-order valence-corrected chi connectivity index (χ0v) is 22.6. The Morgan fingerprint density at radius 2 is 1.95 bits per heavy atom. The summed E-state index contributed by atoms with van der Waals surface area (Å²) in [7, 11) is 0. The smallest absolute Gasteiger partial charge is 0.357 e. The molecule has 0 bridgehead atoms. The van der Waals surface area contributed by atoms with Crippen LogP contribution in [0.3, 0.4) is 0 Å². The number of aromatic nitrogens is 5. The molecule has 0 aliphatic carbocycles. The highest BCUT2D eigenvalue weighted by Gasteiger charge is 2.37. The van der Waals surface area contributed by atoms with Crippen LogP contribution in [0.2, 0.25) is 5.02 Å². The van der Waals surface area contributed by atoms with Gasteiger partial charge in [-0.2, -0.15) is 4.98 Å². The largest absolute Gasteiger partial charge is 0.489 e. The van der Waals surface area contributed by atoms with Crippen molar-refractivity contribution in [2.75, 3.05) is 31.1 Å². The SMILES string of the molecule is C=CC(=O)N1CCN2c3nc(=O)n(-c4nccnc4C(C)C)c4nc(-c5ccccc5F)c(Cl)c(c34)OC[C@H]2C1. The molecule has 12 heteroatoms. The van der Waals surface area contributed by atoms with Crippen LogP contribution in [0.4, 0.5) is 10.2 Å². The number of halogens is 2. The van der Waals surface area contributed by atoms with Gasteiger partial charge in [0.2, 0.25) is 5.91 Å². The van der Waals surface area contributed by atoms with Crippen LogP contribution in [0, 0.1) is 5.82 Å². The molecule has 0 spiro atoms. The summed E-state index contributed by atoms with van der Waals surface area (Å²) in [5.74, 6) is 0.0361. The summed E-state index contributed by atoms with van der Waals surface area (Å²) < 4.78 is 22.6. The molecule has 40 heavy (non-hydrogen) atoms. The van der Waals surface area contributed by atoms with Crippen molar-refractivity contribution < 1.29 is 13.9 Å². The quantitative estimate of drug-likeness (QED) is 0.347. The highest BCUT2D eigenvalue weighted by atomic mass is 35.5. The van der Waals surface area contributed by atoms with Crippen LogP contribution in [0.15, 0.2) is 54.1 Å². The van der Waals surface area contributed by atoms with Gasteiger partial charge in [0, 0.05) is 37.6 Å². The molecule has 1 fully saturated rings. The van der Waals surface area contributed by atoms with Gasteiger partial charge in [-0.1, -0.05) is 44.2 Å². The summed E-state index contributed by atoms with van der Waals surface area (Å²) in [5, 5.41) is 0.490. The standard InChI is InChI=1S/C28H25ClFN7O3/c1-4-19(38)35-11-12-36-16(13-35)14-40-24-20-25(36)34-28(39)37(27-22(15(2)3)31-9-10-32-27)26(20)33-23(21(24)29)17-7-5-6-8-18(17)30/h4-10,15-16H,1,11-14H2,2-3H3/t16-/m1/s1. The highest BCUT2D eigenvalue weighted by molar-refractivity contribution is 6.36. The van der Waals surface area contributed by atoms with E-state index >= 15 is 4.39 Å². The molecular weight excluding hydrogens is 537 g/mol. The van der Waals surface area contributed by atoms with Gasteiger partial charge >= 0.3 is 5.69 Å². The second-order valence-corrected chi connectivity index (χ2v) is 10.3. The number of carbonyl (C=O) groups excluding carboxylic acids is 1. The van der Waals surface area contributed by atoms with E-state index in [4.69, 9.17) is 21.3 Å². The summed E-state index contributed by atoms with van der Waals surface area (Å²) in [6.07, 6.45) is 4.32. The number of anilines is 1. The number of hydrogen-bond donors (Lipinski definition) is 0. The number of piperazine rings is 1. The van der Waals surface area contributed by atoms with Crippen LogP contribution in [0.5, 0.6) is 5.75 Å². The van der Waals surface area contributed by atoms with E-state index in [9.17, 15) is 9.59 Å². The van der Waals surface area contributed by atoms with E-state index < -0.39 is 11.5 Å². The third-order valence-corrected chi connectivity index (χ3v) is 7.51. The minimum absolute atomic E-state index is 0.0741. The number of nitrogens with zero attached hydrogens (tertiary/aromatic N) is 7. The fourth-order valence-electron chi connectivity index (χ4n) is 5.25. The molecule has 5 heterocycles. The van der Waals surface area contributed by atoms with E-state index in [1.165, 1.54) is 22.9 Å². The van der Waals surface area contributed by atoms with Crippen molar-refractivity contribution >= 4 is 34.4 Å². The van der Waals surface area contributed by atoms with Gasteiger partial charge in [0.1, 0.15) is 28.7 Å². The van der Waals surface area contributed by atoms with Crippen molar-refractivity contribution in [2.24, 2.45) is 0 Å². The van der Waals surface area contributed by atoms with Crippen molar-refractivity contribution in [1.82, 2.24) is 29.4 Å². The van der Waals surface area contributed by atoms with Gasteiger partial charge in [0.15, 0.2) is 17.2 Å². The molecule has 1 saturated heterocycles. The number of benzene rings is 1. The lowest BCUT2D eigenvalue weighted by molar-refractivity contribution is -0.126. The third-order valence-electron chi connectivity index (χ3n) is 7.16. The van der Waals surface area contributed by atoms with E-state index in [1.807, 2.05) is 18.7 Å². The van der Waals surface area contributed by atoms with E-state index in [2.05, 4.69) is 21.5 Å². The Labute approximate surface area is 233 Å². The van der Waals surface area contributed by atoms with E-state index in [0.29, 0.717) is 36.5 Å². The summed E-state index contributed by atoms with van der Waals surface area (Å²) >= 11 is 6.90. The molecule has 2 aliphatic heterocycles. The lowest BCUT2D eigenvalue weighted by Crippen LogP contribution is -2.56. The van der Waals surface area contributed by atoms with Crippen molar-refractivity contribution in [1.29, 1.82) is 0 Å². The lowest BCUT2D eigenvalue weighted by atomic mass is 10.1. The summed E-state index contributed by atoms with van der Waals surface area (Å²) in [4.78, 5) is 48.0. The number of hydrogen-bond acceptors (Lipinski definition) is 8. The maximum Gasteiger partial charge on any atom is 0.357 e. The summed E-state index contributed by atoms with van der Waals surface area (Å²) in [5.41, 5.74) is 0.373. The van der Waals surface area contributed by atoms with Gasteiger partial charge in [0.05, 0.1) is 17.4 Å². The van der Waals surface area contributed by atoms with E-state index in [0.717, 1.165) is 0 Å². The molecular formula is C28H25ClFN7O3. The first kappa shape index (κ1) is 25.9. The Kier molecular flexibility index (Phi) is 6.46. The maximum absolute atomic E-state index is 15.0. The number of ether oxygens (including phenoxy) is 1. The zero-order chi connectivity index (χ0) is 28.1. The predicted molar refractivity (Wildman–Crippen MR) is 149 cm³/mol. The van der Waals surface area contributed by atoms with Gasteiger partial charge in [-0.05, 0) is 24.1 Å². The molecule has 1 aromatic carbocycles. The lowest BCUT2D eigenvalue weighted by Gasteiger charge is -2.40. The van der Waals surface area contributed by atoms with Crippen LogP contribution in [-0.2, 0) is 4.79 Å². The molecule has 6 rings (SSSR count). The minimum atomic E-state index is -0.629. The van der Waals surface area contributed by atoms with Crippen LogP contribution in [0.1, 0.15) is 25.5 Å². The third kappa shape index (κ3) is 4.08. The fourth-order valence-corrected chi connectivity index (χ4v) is 5.55. The molecule has 1 amide bonds. The van der Waals surface area contributed by atoms with Crippen molar-refractivity contribution in [3.05, 3.63) is 76.3 Å². The van der Waals surface area contributed by atoms with Gasteiger partial charge < -0.3 is 14.5 Å². The number of pyridine rings is 1. The Morgan fingerprint density at radius 3 is 2.70 bits per heavy atom. The molecule has 0 N–H and O–H groups in total. The average Bonchev–Trinajstić information content (AvgIpc) is 3.12. The van der Waals surface area contributed by atoms with Crippen molar-refractivity contribution in [3.63, 3.8) is 0 Å². The topological polar surface area (TPSA) is 106 Å². The predicted octanol–water partition coefficient (Wildman–Crippen LogP) is 3.75. The number of fused-ring (bicyclic) bond motifs is 2. The summed E-state index contributed by atoms with van der Waals surface area (Å²) in [6.45, 7) is 8.74. The fraction of sp³-hybridized carbons (Fsp3) is 0.286.